The highest BCUT2D eigenvalue weighted by molar-refractivity contribution is 5.92. The third kappa shape index (κ3) is 4.29. The highest BCUT2D eigenvalue weighted by Gasteiger charge is 2.19. The summed E-state index contributed by atoms with van der Waals surface area (Å²) in [6, 6.07) is 6.52. The van der Waals surface area contributed by atoms with E-state index in [0.717, 1.165) is 25.9 Å². The predicted molar refractivity (Wildman–Crippen MR) is 73.6 cm³/mol. The molecule has 0 aromatic heterocycles. The van der Waals surface area contributed by atoms with E-state index in [4.69, 9.17) is 0 Å². The molecular formula is C14H20FN3O. The number of carbonyl (C=O) groups excluding carboxylic acids is 1. The number of halogens is 1. The lowest BCUT2D eigenvalue weighted by atomic mass is 10.1. The molecule has 0 radical (unpaired) electrons. The second-order valence-corrected chi connectivity index (χ2v) is 4.90. The first kappa shape index (κ1) is 14.0. The molecule has 104 valence electrons. The van der Waals surface area contributed by atoms with E-state index >= 15 is 0 Å². The van der Waals surface area contributed by atoms with Crippen molar-refractivity contribution in [3.05, 3.63) is 30.1 Å². The summed E-state index contributed by atoms with van der Waals surface area (Å²) in [5.74, 6) is -0.429. The van der Waals surface area contributed by atoms with Crippen LogP contribution < -0.4 is 10.6 Å². The van der Waals surface area contributed by atoms with Crippen LogP contribution in [0, 0.1) is 5.82 Å². The largest absolute Gasteiger partial charge is 0.325 e. The normalized spacial score (nSPS) is 17.4. The molecule has 1 amide bonds. The third-order valence-corrected chi connectivity index (χ3v) is 3.47. The number of likely N-dealkylation sites (tertiary alicyclic amines) is 1. The maximum atomic E-state index is 13.0. The Labute approximate surface area is 113 Å². The van der Waals surface area contributed by atoms with Crippen LogP contribution in [0.25, 0.3) is 0 Å². The molecule has 4 nitrogen and oxygen atoms in total. The van der Waals surface area contributed by atoms with Gasteiger partial charge in [-0.1, -0.05) is 6.07 Å². The van der Waals surface area contributed by atoms with Crippen molar-refractivity contribution in [2.45, 2.75) is 18.9 Å². The van der Waals surface area contributed by atoms with Crippen LogP contribution in [-0.4, -0.2) is 43.5 Å². The van der Waals surface area contributed by atoms with Gasteiger partial charge in [0.05, 0.1) is 6.54 Å². The maximum Gasteiger partial charge on any atom is 0.238 e. The van der Waals surface area contributed by atoms with Crippen molar-refractivity contribution in [1.82, 2.24) is 10.2 Å². The monoisotopic (exact) mass is 265 g/mol. The van der Waals surface area contributed by atoms with Crippen molar-refractivity contribution in [3.63, 3.8) is 0 Å². The first-order valence-corrected chi connectivity index (χ1v) is 6.62. The molecule has 5 heteroatoms. The average molecular weight is 265 g/mol. The Kier molecular flexibility index (Phi) is 4.87. The number of rotatable bonds is 4. The number of piperidine rings is 1. The second-order valence-electron chi connectivity index (χ2n) is 4.90. The van der Waals surface area contributed by atoms with Crippen molar-refractivity contribution >= 4 is 11.6 Å². The molecule has 1 fully saturated rings. The Morgan fingerprint density at radius 1 is 1.42 bits per heavy atom. The topological polar surface area (TPSA) is 44.4 Å². The molecule has 2 N–H and O–H groups in total. The summed E-state index contributed by atoms with van der Waals surface area (Å²) in [5, 5.41) is 5.97. The minimum atomic E-state index is -0.340. The lowest BCUT2D eigenvalue weighted by molar-refractivity contribution is -0.117. The molecule has 1 aliphatic rings. The van der Waals surface area contributed by atoms with Crippen molar-refractivity contribution < 1.29 is 9.18 Å². The van der Waals surface area contributed by atoms with Gasteiger partial charge in [0.25, 0.3) is 0 Å². The Morgan fingerprint density at radius 3 is 2.79 bits per heavy atom. The first-order chi connectivity index (χ1) is 9.17. The summed E-state index contributed by atoms with van der Waals surface area (Å²) in [7, 11) is 1.97. The third-order valence-electron chi connectivity index (χ3n) is 3.47. The molecule has 1 heterocycles. The van der Waals surface area contributed by atoms with Gasteiger partial charge in [0.1, 0.15) is 5.82 Å². The minimum absolute atomic E-state index is 0.0893. The van der Waals surface area contributed by atoms with Gasteiger partial charge in [-0.3, -0.25) is 9.69 Å². The fourth-order valence-electron chi connectivity index (χ4n) is 2.35. The van der Waals surface area contributed by atoms with Gasteiger partial charge in [-0.25, -0.2) is 4.39 Å². The maximum absolute atomic E-state index is 13.0. The average Bonchev–Trinajstić information content (AvgIpc) is 2.39. The van der Waals surface area contributed by atoms with Crippen LogP contribution in [0.4, 0.5) is 10.1 Å². The quantitative estimate of drug-likeness (QED) is 0.866. The molecule has 2 rings (SSSR count). The molecule has 0 bridgehead atoms. The van der Waals surface area contributed by atoms with Crippen molar-refractivity contribution in [2.75, 3.05) is 32.0 Å². The molecule has 0 atom stereocenters. The summed E-state index contributed by atoms with van der Waals surface area (Å²) in [6.45, 7) is 2.21. The molecule has 0 unspecified atom stereocenters. The zero-order valence-electron chi connectivity index (χ0n) is 11.2. The fourth-order valence-corrected chi connectivity index (χ4v) is 2.35. The molecule has 0 spiro atoms. The number of carbonyl (C=O) groups is 1. The number of nitrogens with one attached hydrogen (secondary N) is 2. The van der Waals surface area contributed by atoms with E-state index in [2.05, 4.69) is 15.5 Å². The van der Waals surface area contributed by atoms with Crippen LogP contribution in [0.1, 0.15) is 12.8 Å². The van der Waals surface area contributed by atoms with Crippen LogP contribution in [0.15, 0.2) is 24.3 Å². The van der Waals surface area contributed by atoms with Gasteiger partial charge < -0.3 is 10.6 Å². The molecule has 1 aromatic carbocycles. The number of benzene rings is 1. The van der Waals surface area contributed by atoms with Crippen LogP contribution in [0.3, 0.4) is 0 Å². The molecule has 0 saturated carbocycles. The molecule has 19 heavy (non-hydrogen) atoms. The summed E-state index contributed by atoms with van der Waals surface area (Å²) >= 11 is 0. The van der Waals surface area contributed by atoms with Gasteiger partial charge in [-0.05, 0) is 38.1 Å². The van der Waals surface area contributed by atoms with E-state index in [1.807, 2.05) is 7.05 Å². The van der Waals surface area contributed by atoms with E-state index in [-0.39, 0.29) is 11.7 Å². The van der Waals surface area contributed by atoms with Gasteiger partial charge in [0.15, 0.2) is 0 Å². The first-order valence-electron chi connectivity index (χ1n) is 6.62. The lowest BCUT2D eigenvalue weighted by Crippen LogP contribution is -2.44. The number of nitrogens with zero attached hydrogens (tertiary/aromatic N) is 1. The molecule has 1 aromatic rings. The van der Waals surface area contributed by atoms with Gasteiger partial charge in [-0.2, -0.15) is 0 Å². The van der Waals surface area contributed by atoms with Crippen LogP contribution in [0.5, 0.6) is 0 Å². The molecule has 0 aliphatic carbocycles. The van der Waals surface area contributed by atoms with Crippen LogP contribution in [0.2, 0.25) is 0 Å². The number of anilines is 1. The smallest absolute Gasteiger partial charge is 0.238 e. The van der Waals surface area contributed by atoms with Crippen molar-refractivity contribution in [3.8, 4) is 0 Å². The van der Waals surface area contributed by atoms with Gasteiger partial charge in [0.2, 0.25) is 5.91 Å². The Hall–Kier alpha value is -1.46. The zero-order chi connectivity index (χ0) is 13.7. The van der Waals surface area contributed by atoms with Gasteiger partial charge in [-0.15, -0.1) is 0 Å². The molecular weight excluding hydrogens is 245 g/mol. The Morgan fingerprint density at radius 2 is 2.16 bits per heavy atom. The number of hydrogen-bond acceptors (Lipinski definition) is 3. The highest BCUT2D eigenvalue weighted by atomic mass is 19.1. The Bertz CT molecular complexity index is 430. The summed E-state index contributed by atoms with van der Waals surface area (Å²) in [5.41, 5.74) is 0.509. The van der Waals surface area contributed by atoms with Crippen LogP contribution in [-0.2, 0) is 4.79 Å². The van der Waals surface area contributed by atoms with E-state index < -0.39 is 0 Å². The summed E-state index contributed by atoms with van der Waals surface area (Å²) in [4.78, 5) is 14.0. The number of hydrogen-bond donors (Lipinski definition) is 2. The minimum Gasteiger partial charge on any atom is -0.325 e. The van der Waals surface area contributed by atoms with E-state index in [1.54, 1.807) is 12.1 Å². The van der Waals surface area contributed by atoms with Crippen molar-refractivity contribution in [2.24, 2.45) is 0 Å². The summed E-state index contributed by atoms with van der Waals surface area (Å²) in [6.07, 6.45) is 2.12. The molecule has 1 aliphatic heterocycles. The van der Waals surface area contributed by atoms with Crippen molar-refractivity contribution in [1.29, 1.82) is 0 Å². The summed E-state index contributed by atoms with van der Waals surface area (Å²) < 4.78 is 13.0. The second kappa shape index (κ2) is 6.63. The van der Waals surface area contributed by atoms with E-state index in [1.165, 1.54) is 12.1 Å². The van der Waals surface area contributed by atoms with Gasteiger partial charge >= 0.3 is 0 Å². The molecule has 1 saturated heterocycles. The van der Waals surface area contributed by atoms with E-state index in [0.29, 0.717) is 18.3 Å². The standard InChI is InChI=1S/C14H20FN3O/c1-16-12-5-7-18(8-6-12)10-14(19)17-13-4-2-3-11(15)9-13/h2-4,9,12,16H,5-8,10H2,1H3,(H,17,19). The fraction of sp³-hybridized carbons (Fsp3) is 0.500. The highest BCUT2D eigenvalue weighted by Crippen LogP contribution is 2.11. The Balaban J connectivity index is 1.79. The van der Waals surface area contributed by atoms with Gasteiger partial charge in [0, 0.05) is 24.8 Å². The SMILES string of the molecule is CNC1CCN(CC(=O)Nc2cccc(F)c2)CC1. The number of amides is 1. The zero-order valence-corrected chi connectivity index (χ0v) is 11.2. The predicted octanol–water partition coefficient (Wildman–Crippen LogP) is 1.45. The van der Waals surface area contributed by atoms with E-state index in [9.17, 15) is 9.18 Å². The van der Waals surface area contributed by atoms with Crippen LogP contribution >= 0.6 is 0 Å². The lowest BCUT2D eigenvalue weighted by Gasteiger charge is -2.31.